The number of carbonyl (C=O) groups excluding carboxylic acids is 1. The second kappa shape index (κ2) is 3.85. The Hall–Kier alpha value is -1.39. The summed E-state index contributed by atoms with van der Waals surface area (Å²) in [4.78, 5) is 15.2. The Kier molecular flexibility index (Phi) is 2.79. The molecule has 0 aromatic heterocycles. The fourth-order valence-electron chi connectivity index (χ4n) is 0.938. The molecule has 1 unspecified atom stereocenters. The number of hydrogen-bond donors (Lipinski definition) is 2. The molecule has 0 radical (unpaired) electrons. The van der Waals surface area contributed by atoms with Crippen LogP contribution in [-0.4, -0.2) is 5.91 Å². The molecular formula is C8H10N2O2. The lowest BCUT2D eigenvalue weighted by molar-refractivity contribution is -0.130. The van der Waals surface area contributed by atoms with Gasteiger partial charge in [-0.3, -0.25) is 9.63 Å². The van der Waals surface area contributed by atoms with Crippen LogP contribution in [0.3, 0.4) is 0 Å². The van der Waals surface area contributed by atoms with E-state index in [9.17, 15) is 4.79 Å². The first-order chi connectivity index (χ1) is 5.75. The second-order valence-electron chi connectivity index (χ2n) is 2.33. The quantitative estimate of drug-likeness (QED) is 0.625. The zero-order valence-electron chi connectivity index (χ0n) is 6.44. The van der Waals surface area contributed by atoms with Crippen molar-refractivity contribution < 1.29 is 9.63 Å². The highest BCUT2D eigenvalue weighted by Gasteiger charge is 2.16. The van der Waals surface area contributed by atoms with E-state index in [0.717, 1.165) is 0 Å². The second-order valence-corrected chi connectivity index (χ2v) is 2.33. The molecule has 0 heterocycles. The summed E-state index contributed by atoms with van der Waals surface area (Å²) in [5, 5.41) is 0. The van der Waals surface area contributed by atoms with Gasteiger partial charge in [-0.2, -0.15) is 0 Å². The minimum atomic E-state index is -0.855. The maximum atomic E-state index is 10.7. The largest absolute Gasteiger partial charge is 0.367 e. The summed E-state index contributed by atoms with van der Waals surface area (Å²) >= 11 is 0. The molecule has 0 bridgehead atoms. The molecule has 4 nitrogen and oxygen atoms in total. The third-order valence-electron chi connectivity index (χ3n) is 1.50. The van der Waals surface area contributed by atoms with Crippen molar-refractivity contribution in [2.24, 2.45) is 11.6 Å². The van der Waals surface area contributed by atoms with Crippen molar-refractivity contribution in [3.63, 3.8) is 0 Å². The standard InChI is InChI=1S/C8H10N2O2/c9-8(11)7(12-10)6-4-2-1-3-5-6/h1-5,7H,10H2,(H2,9,11). The molecule has 64 valence electrons. The summed E-state index contributed by atoms with van der Waals surface area (Å²) in [7, 11) is 0. The van der Waals surface area contributed by atoms with Crippen LogP contribution < -0.4 is 11.6 Å². The van der Waals surface area contributed by atoms with Crippen LogP contribution in [0.1, 0.15) is 11.7 Å². The summed E-state index contributed by atoms with van der Waals surface area (Å²) in [6.45, 7) is 0. The van der Waals surface area contributed by atoms with Crippen molar-refractivity contribution >= 4 is 5.91 Å². The van der Waals surface area contributed by atoms with Crippen LogP contribution in [0.2, 0.25) is 0 Å². The zero-order valence-corrected chi connectivity index (χ0v) is 6.44. The molecular weight excluding hydrogens is 156 g/mol. The predicted molar refractivity (Wildman–Crippen MR) is 43.6 cm³/mol. The first kappa shape index (κ1) is 8.70. The van der Waals surface area contributed by atoms with Gasteiger partial charge in [0.25, 0.3) is 5.91 Å². The molecule has 1 aromatic rings. The lowest BCUT2D eigenvalue weighted by atomic mass is 10.1. The van der Waals surface area contributed by atoms with Gasteiger partial charge in [0.2, 0.25) is 0 Å². The number of primary amides is 1. The van der Waals surface area contributed by atoms with Crippen LogP contribution in [0, 0.1) is 0 Å². The van der Waals surface area contributed by atoms with Crippen molar-refractivity contribution in [2.45, 2.75) is 6.10 Å². The Balaban J connectivity index is 2.88. The van der Waals surface area contributed by atoms with E-state index < -0.39 is 12.0 Å². The van der Waals surface area contributed by atoms with Crippen LogP contribution in [0.25, 0.3) is 0 Å². The fourth-order valence-corrected chi connectivity index (χ4v) is 0.938. The summed E-state index contributed by atoms with van der Waals surface area (Å²) in [6.07, 6.45) is -0.855. The summed E-state index contributed by atoms with van der Waals surface area (Å²) in [5.74, 6) is 4.31. The number of carbonyl (C=O) groups is 1. The van der Waals surface area contributed by atoms with E-state index in [1.165, 1.54) is 0 Å². The van der Waals surface area contributed by atoms with E-state index in [0.29, 0.717) is 5.56 Å². The molecule has 1 amide bonds. The van der Waals surface area contributed by atoms with Crippen molar-refractivity contribution in [3.8, 4) is 0 Å². The van der Waals surface area contributed by atoms with Crippen LogP contribution >= 0.6 is 0 Å². The average molecular weight is 166 g/mol. The van der Waals surface area contributed by atoms with Gasteiger partial charge in [0, 0.05) is 0 Å². The third-order valence-corrected chi connectivity index (χ3v) is 1.50. The van der Waals surface area contributed by atoms with E-state index in [4.69, 9.17) is 11.6 Å². The Morgan fingerprint density at radius 2 is 1.92 bits per heavy atom. The van der Waals surface area contributed by atoms with Gasteiger partial charge in [0.1, 0.15) is 0 Å². The molecule has 1 atom stereocenters. The minimum absolute atomic E-state index is 0.594. The number of hydrogen-bond acceptors (Lipinski definition) is 3. The number of benzene rings is 1. The molecule has 0 aliphatic carbocycles. The summed E-state index contributed by atoms with van der Waals surface area (Å²) in [5.41, 5.74) is 5.70. The van der Waals surface area contributed by atoms with Gasteiger partial charge in [-0.1, -0.05) is 30.3 Å². The van der Waals surface area contributed by atoms with E-state index in [2.05, 4.69) is 4.84 Å². The Morgan fingerprint density at radius 1 is 1.33 bits per heavy atom. The van der Waals surface area contributed by atoms with E-state index in [1.54, 1.807) is 24.3 Å². The van der Waals surface area contributed by atoms with Crippen LogP contribution in [0.5, 0.6) is 0 Å². The molecule has 0 aliphatic heterocycles. The number of rotatable bonds is 3. The first-order valence-electron chi connectivity index (χ1n) is 3.45. The van der Waals surface area contributed by atoms with Crippen LogP contribution in [0.15, 0.2) is 30.3 Å². The van der Waals surface area contributed by atoms with Gasteiger partial charge in [-0.25, -0.2) is 5.90 Å². The van der Waals surface area contributed by atoms with Gasteiger partial charge in [-0.15, -0.1) is 0 Å². The predicted octanol–water partition coefficient (Wildman–Crippen LogP) is 0.103. The lowest BCUT2D eigenvalue weighted by Gasteiger charge is -2.09. The molecule has 12 heavy (non-hydrogen) atoms. The van der Waals surface area contributed by atoms with Crippen LogP contribution in [-0.2, 0) is 9.63 Å². The fraction of sp³-hybridized carbons (Fsp3) is 0.125. The van der Waals surface area contributed by atoms with Gasteiger partial charge in [0.15, 0.2) is 6.10 Å². The first-order valence-corrected chi connectivity index (χ1v) is 3.45. The molecule has 1 rings (SSSR count). The number of nitrogens with two attached hydrogens (primary N) is 2. The minimum Gasteiger partial charge on any atom is -0.367 e. The normalized spacial score (nSPS) is 12.4. The highest BCUT2D eigenvalue weighted by atomic mass is 16.6. The van der Waals surface area contributed by atoms with E-state index >= 15 is 0 Å². The molecule has 0 aliphatic rings. The molecule has 0 saturated carbocycles. The Morgan fingerprint density at radius 3 is 2.33 bits per heavy atom. The van der Waals surface area contributed by atoms with Gasteiger partial charge >= 0.3 is 0 Å². The smallest absolute Gasteiger partial charge is 0.253 e. The van der Waals surface area contributed by atoms with Crippen molar-refractivity contribution in [2.75, 3.05) is 0 Å². The van der Waals surface area contributed by atoms with E-state index in [1.807, 2.05) is 6.07 Å². The molecule has 4 heteroatoms. The highest BCUT2D eigenvalue weighted by Crippen LogP contribution is 2.13. The van der Waals surface area contributed by atoms with Gasteiger partial charge in [-0.05, 0) is 5.56 Å². The monoisotopic (exact) mass is 166 g/mol. The topological polar surface area (TPSA) is 78.3 Å². The van der Waals surface area contributed by atoms with Crippen LogP contribution in [0.4, 0.5) is 0 Å². The Labute approximate surface area is 70.1 Å². The molecule has 0 fully saturated rings. The van der Waals surface area contributed by atoms with Crippen molar-refractivity contribution in [1.82, 2.24) is 0 Å². The molecule has 0 spiro atoms. The summed E-state index contributed by atoms with van der Waals surface area (Å²) < 4.78 is 0. The zero-order chi connectivity index (χ0) is 8.97. The SMILES string of the molecule is NOC(C(N)=O)c1ccccc1. The number of amides is 1. The Bertz CT molecular complexity index is 261. The third kappa shape index (κ3) is 1.81. The maximum absolute atomic E-state index is 10.7. The lowest BCUT2D eigenvalue weighted by Crippen LogP contribution is -2.25. The van der Waals surface area contributed by atoms with Crippen molar-refractivity contribution in [3.05, 3.63) is 35.9 Å². The van der Waals surface area contributed by atoms with Gasteiger partial charge in [0.05, 0.1) is 0 Å². The van der Waals surface area contributed by atoms with Gasteiger partial charge < -0.3 is 5.73 Å². The highest BCUT2D eigenvalue weighted by molar-refractivity contribution is 5.80. The maximum Gasteiger partial charge on any atom is 0.253 e. The summed E-state index contributed by atoms with van der Waals surface area (Å²) in [6, 6.07) is 8.84. The van der Waals surface area contributed by atoms with E-state index in [-0.39, 0.29) is 0 Å². The van der Waals surface area contributed by atoms with Crippen molar-refractivity contribution in [1.29, 1.82) is 0 Å². The molecule has 4 N–H and O–H groups in total. The molecule has 0 saturated heterocycles. The average Bonchev–Trinajstić information content (AvgIpc) is 2.07. The molecule has 1 aromatic carbocycles.